The topological polar surface area (TPSA) is 57.4 Å². The second-order valence-electron chi connectivity index (χ2n) is 6.55. The van der Waals surface area contributed by atoms with Crippen molar-refractivity contribution < 1.29 is 31.6 Å². The Morgan fingerprint density at radius 1 is 0.938 bits per heavy atom. The maximum absolute atomic E-state index is 13.7. The molecule has 0 atom stereocenters. The molecule has 4 aromatic rings. The largest absolute Gasteiger partial charge is 0.496 e. The molecule has 4 rings (SSSR count). The fraction of sp³-hybridized carbons (Fsp3) is 0.0909. The van der Waals surface area contributed by atoms with Gasteiger partial charge in [0.05, 0.1) is 12.7 Å². The zero-order valence-corrected chi connectivity index (χ0v) is 17.1. The first-order chi connectivity index (χ1) is 15.4. The molecule has 1 heterocycles. The minimum atomic E-state index is -1.60. The first kappa shape index (κ1) is 21.6. The van der Waals surface area contributed by atoms with E-state index in [0.717, 1.165) is 0 Å². The lowest BCUT2D eigenvalue weighted by Crippen LogP contribution is -2.03. The minimum Gasteiger partial charge on any atom is -0.496 e. The van der Waals surface area contributed by atoms with Crippen LogP contribution in [0.3, 0.4) is 0 Å². The van der Waals surface area contributed by atoms with Gasteiger partial charge in [-0.05, 0) is 35.9 Å². The van der Waals surface area contributed by atoms with Crippen LogP contribution in [0.5, 0.6) is 11.5 Å². The fourth-order valence-electron chi connectivity index (χ4n) is 2.88. The van der Waals surface area contributed by atoms with Gasteiger partial charge in [-0.1, -0.05) is 28.9 Å². The lowest BCUT2D eigenvalue weighted by atomic mass is 10.1. The van der Waals surface area contributed by atoms with E-state index in [1.807, 2.05) is 0 Å². The van der Waals surface area contributed by atoms with E-state index < -0.39 is 29.0 Å². The molecule has 32 heavy (non-hydrogen) atoms. The average Bonchev–Trinajstić information content (AvgIpc) is 3.28. The van der Waals surface area contributed by atoms with E-state index in [4.69, 9.17) is 25.6 Å². The summed E-state index contributed by atoms with van der Waals surface area (Å²) < 4.78 is 69.5. The van der Waals surface area contributed by atoms with Crippen LogP contribution in [0.2, 0.25) is 5.02 Å². The number of benzene rings is 3. The number of methoxy groups -OCH3 is 1. The van der Waals surface area contributed by atoms with E-state index >= 15 is 0 Å². The minimum absolute atomic E-state index is 0.115. The van der Waals surface area contributed by atoms with Crippen molar-refractivity contribution in [3.8, 4) is 34.3 Å². The van der Waals surface area contributed by atoms with E-state index in [1.54, 1.807) is 42.5 Å². The van der Waals surface area contributed by atoms with Crippen LogP contribution in [-0.4, -0.2) is 17.3 Å². The summed E-state index contributed by atoms with van der Waals surface area (Å²) in [5, 5.41) is 4.42. The Balaban J connectivity index is 1.52. The van der Waals surface area contributed by atoms with Gasteiger partial charge in [0.2, 0.25) is 17.5 Å². The molecule has 164 valence electrons. The van der Waals surface area contributed by atoms with Crippen LogP contribution in [0.15, 0.2) is 53.1 Å². The summed E-state index contributed by atoms with van der Waals surface area (Å²) in [6.07, 6.45) is 0. The number of hydrogen-bond donors (Lipinski definition) is 0. The predicted octanol–water partition coefficient (Wildman–Crippen LogP) is 6.20. The van der Waals surface area contributed by atoms with Crippen LogP contribution in [0.1, 0.15) is 5.56 Å². The average molecular weight is 465 g/mol. The van der Waals surface area contributed by atoms with Gasteiger partial charge in [0, 0.05) is 16.7 Å². The molecule has 0 bridgehead atoms. The highest BCUT2D eigenvalue weighted by Gasteiger charge is 2.21. The Kier molecular flexibility index (Phi) is 6.00. The molecule has 0 saturated heterocycles. The van der Waals surface area contributed by atoms with Crippen LogP contribution in [0, 0.1) is 23.3 Å². The van der Waals surface area contributed by atoms with Gasteiger partial charge >= 0.3 is 0 Å². The third-order valence-corrected chi connectivity index (χ3v) is 4.72. The molecular weight excluding hydrogens is 452 g/mol. The molecule has 0 aliphatic rings. The summed E-state index contributed by atoms with van der Waals surface area (Å²) in [5.41, 5.74) is 1.59. The summed E-state index contributed by atoms with van der Waals surface area (Å²) in [6.45, 7) is -0.328. The molecule has 5 nitrogen and oxygen atoms in total. The highest BCUT2D eigenvalue weighted by Crippen LogP contribution is 2.32. The molecule has 0 aliphatic carbocycles. The molecule has 0 radical (unpaired) electrons. The first-order valence-corrected chi connectivity index (χ1v) is 9.48. The number of rotatable bonds is 6. The van der Waals surface area contributed by atoms with Crippen molar-refractivity contribution in [1.29, 1.82) is 0 Å². The molecule has 3 aromatic carbocycles. The molecule has 10 heteroatoms. The summed E-state index contributed by atoms with van der Waals surface area (Å²) in [5.74, 6) is -6.42. The summed E-state index contributed by atoms with van der Waals surface area (Å²) in [6, 6.07) is 11.5. The van der Waals surface area contributed by atoms with Gasteiger partial charge in [0.1, 0.15) is 12.4 Å². The standard InChI is InChI=1S/C22H13ClF4N2O3/c1-30-17-7-6-13(23)8-14(17)21-28-22(32-29-21)12-4-2-11(3-5-12)10-31-20-18(26)15(24)9-16(25)19(20)27/h2-9H,10H2,1H3. The van der Waals surface area contributed by atoms with Crippen LogP contribution < -0.4 is 9.47 Å². The highest BCUT2D eigenvalue weighted by molar-refractivity contribution is 6.30. The quantitative estimate of drug-likeness (QED) is 0.251. The van der Waals surface area contributed by atoms with Gasteiger partial charge in [-0.3, -0.25) is 0 Å². The van der Waals surface area contributed by atoms with Gasteiger partial charge in [-0.15, -0.1) is 0 Å². The second kappa shape index (κ2) is 8.88. The molecule has 0 spiro atoms. The third-order valence-electron chi connectivity index (χ3n) is 4.48. The van der Waals surface area contributed by atoms with Crippen LogP contribution in [0.4, 0.5) is 17.6 Å². The van der Waals surface area contributed by atoms with Gasteiger partial charge < -0.3 is 14.0 Å². The van der Waals surface area contributed by atoms with Crippen molar-refractivity contribution in [1.82, 2.24) is 10.1 Å². The van der Waals surface area contributed by atoms with E-state index in [-0.39, 0.29) is 24.4 Å². The molecule has 0 N–H and O–H groups in total. The molecule has 0 amide bonds. The SMILES string of the molecule is COc1ccc(Cl)cc1-c1noc(-c2ccc(COc3c(F)c(F)cc(F)c3F)cc2)n1. The molecule has 1 aromatic heterocycles. The van der Waals surface area contributed by atoms with E-state index in [9.17, 15) is 17.6 Å². The van der Waals surface area contributed by atoms with Crippen molar-refractivity contribution in [3.63, 3.8) is 0 Å². The van der Waals surface area contributed by atoms with Gasteiger partial charge in [-0.2, -0.15) is 13.8 Å². The number of hydrogen-bond acceptors (Lipinski definition) is 5. The molecule has 0 unspecified atom stereocenters. The lowest BCUT2D eigenvalue weighted by molar-refractivity contribution is 0.261. The van der Waals surface area contributed by atoms with Gasteiger partial charge in [0.25, 0.3) is 5.89 Å². The normalized spacial score (nSPS) is 10.9. The van der Waals surface area contributed by atoms with E-state index in [1.165, 1.54) is 7.11 Å². The monoisotopic (exact) mass is 464 g/mol. The first-order valence-electron chi connectivity index (χ1n) is 9.10. The highest BCUT2D eigenvalue weighted by atomic mass is 35.5. The van der Waals surface area contributed by atoms with Crippen molar-refractivity contribution in [3.05, 3.63) is 82.4 Å². The summed E-state index contributed by atoms with van der Waals surface area (Å²) in [4.78, 5) is 4.34. The second-order valence-corrected chi connectivity index (χ2v) is 6.99. The number of halogens is 5. The van der Waals surface area contributed by atoms with Crippen molar-refractivity contribution in [2.24, 2.45) is 0 Å². The number of ether oxygens (including phenoxy) is 2. The summed E-state index contributed by atoms with van der Waals surface area (Å²) >= 11 is 6.03. The van der Waals surface area contributed by atoms with Gasteiger partial charge in [-0.25, -0.2) is 8.78 Å². The smallest absolute Gasteiger partial charge is 0.258 e. The van der Waals surface area contributed by atoms with Crippen LogP contribution in [-0.2, 0) is 6.61 Å². The Hall–Kier alpha value is -3.59. The summed E-state index contributed by atoms with van der Waals surface area (Å²) in [7, 11) is 1.50. The molecule has 0 fully saturated rings. The maximum Gasteiger partial charge on any atom is 0.258 e. The Bertz CT molecular complexity index is 1250. The van der Waals surface area contributed by atoms with E-state index in [0.29, 0.717) is 27.5 Å². The maximum atomic E-state index is 13.7. The number of nitrogens with zero attached hydrogens (tertiary/aromatic N) is 2. The van der Waals surface area contributed by atoms with Gasteiger partial charge in [0.15, 0.2) is 17.4 Å². The Morgan fingerprint density at radius 3 is 2.28 bits per heavy atom. The zero-order chi connectivity index (χ0) is 22.8. The van der Waals surface area contributed by atoms with Crippen molar-refractivity contribution >= 4 is 11.6 Å². The fourth-order valence-corrected chi connectivity index (χ4v) is 3.05. The zero-order valence-electron chi connectivity index (χ0n) is 16.3. The molecule has 0 saturated carbocycles. The molecular formula is C22H13ClF4N2O3. The predicted molar refractivity (Wildman–Crippen MR) is 107 cm³/mol. The van der Waals surface area contributed by atoms with Crippen molar-refractivity contribution in [2.45, 2.75) is 6.61 Å². The van der Waals surface area contributed by atoms with Crippen molar-refractivity contribution in [2.75, 3.05) is 7.11 Å². The molecule has 0 aliphatic heterocycles. The van der Waals surface area contributed by atoms with E-state index in [2.05, 4.69) is 10.1 Å². The van der Waals surface area contributed by atoms with Crippen LogP contribution >= 0.6 is 11.6 Å². The van der Waals surface area contributed by atoms with Crippen LogP contribution in [0.25, 0.3) is 22.8 Å². The number of aromatic nitrogens is 2. The Labute approximate surface area is 184 Å². The third kappa shape index (κ3) is 4.24. The Morgan fingerprint density at radius 2 is 1.62 bits per heavy atom. The lowest BCUT2D eigenvalue weighted by Gasteiger charge is -2.09.